The van der Waals surface area contributed by atoms with E-state index in [1.807, 2.05) is 30.5 Å². The minimum atomic E-state index is -0.715. The summed E-state index contributed by atoms with van der Waals surface area (Å²) in [4.78, 5) is 26.0. The average Bonchev–Trinajstić information content (AvgIpc) is 2.50. The van der Waals surface area contributed by atoms with E-state index >= 15 is 0 Å². The maximum absolute atomic E-state index is 12.5. The van der Waals surface area contributed by atoms with Gasteiger partial charge in [-0.1, -0.05) is 13.3 Å². The Morgan fingerprint density at radius 1 is 1.32 bits per heavy atom. The molecule has 110 valence electrons. The maximum atomic E-state index is 12.5. The molecule has 1 aliphatic heterocycles. The van der Waals surface area contributed by atoms with Crippen LogP contribution in [0.5, 0.6) is 0 Å². The molecule has 1 aliphatic rings. The number of carbonyl (C=O) groups excluding carboxylic acids is 2. The zero-order valence-electron chi connectivity index (χ0n) is 12.3. The van der Waals surface area contributed by atoms with Gasteiger partial charge in [0.25, 0.3) is 0 Å². The minimum Gasteiger partial charge on any atom is -0.342 e. The number of carbonyl (C=O) groups is 2. The van der Waals surface area contributed by atoms with Crippen LogP contribution in [0.3, 0.4) is 0 Å². The zero-order valence-corrected chi connectivity index (χ0v) is 13.1. The highest BCUT2D eigenvalue weighted by atomic mass is 32.2. The number of amides is 2. The van der Waals surface area contributed by atoms with Gasteiger partial charge in [-0.3, -0.25) is 9.59 Å². The molecule has 2 amide bonds. The van der Waals surface area contributed by atoms with Crippen LogP contribution < -0.4 is 5.32 Å². The molecule has 0 aliphatic carbocycles. The third kappa shape index (κ3) is 4.71. The Morgan fingerprint density at radius 3 is 2.68 bits per heavy atom. The Morgan fingerprint density at radius 2 is 2.05 bits per heavy atom. The standard InChI is InChI=1S/C14H26N2O2S/c1-4-14(2)13(18)16(10-8-12(17)15-14)9-6-5-7-11-19-3/h4-11H2,1-3H3,(H,15,17). The van der Waals surface area contributed by atoms with E-state index in [1.54, 1.807) is 0 Å². The van der Waals surface area contributed by atoms with Crippen molar-refractivity contribution in [2.75, 3.05) is 25.1 Å². The van der Waals surface area contributed by atoms with Crippen molar-refractivity contribution in [3.8, 4) is 0 Å². The van der Waals surface area contributed by atoms with E-state index in [9.17, 15) is 9.59 Å². The van der Waals surface area contributed by atoms with E-state index in [0.717, 1.165) is 19.4 Å². The predicted octanol–water partition coefficient (Wildman–Crippen LogP) is 2.04. The Balaban J connectivity index is 2.52. The molecule has 19 heavy (non-hydrogen) atoms. The molecule has 0 radical (unpaired) electrons. The second kappa shape index (κ2) is 7.78. The van der Waals surface area contributed by atoms with Crippen molar-refractivity contribution in [3.63, 3.8) is 0 Å². The summed E-state index contributed by atoms with van der Waals surface area (Å²) < 4.78 is 0. The molecule has 4 nitrogen and oxygen atoms in total. The normalized spacial score (nSPS) is 24.3. The second-order valence-electron chi connectivity index (χ2n) is 5.33. The Bertz CT molecular complexity index is 323. The first-order valence-electron chi connectivity index (χ1n) is 7.13. The average molecular weight is 286 g/mol. The highest BCUT2D eigenvalue weighted by Crippen LogP contribution is 2.18. The minimum absolute atomic E-state index is 0.0115. The van der Waals surface area contributed by atoms with Gasteiger partial charge in [-0.05, 0) is 38.2 Å². The molecule has 1 fully saturated rings. The van der Waals surface area contributed by atoms with Crippen molar-refractivity contribution in [2.24, 2.45) is 0 Å². The van der Waals surface area contributed by atoms with Crippen LogP contribution in [0.2, 0.25) is 0 Å². The molecule has 0 bridgehead atoms. The topological polar surface area (TPSA) is 49.4 Å². The molecule has 1 atom stereocenters. The number of hydrogen-bond acceptors (Lipinski definition) is 3. The van der Waals surface area contributed by atoms with Gasteiger partial charge in [-0.25, -0.2) is 0 Å². The van der Waals surface area contributed by atoms with Gasteiger partial charge in [0.1, 0.15) is 5.54 Å². The number of thioether (sulfide) groups is 1. The largest absolute Gasteiger partial charge is 0.342 e. The molecule has 1 N–H and O–H groups in total. The fourth-order valence-electron chi connectivity index (χ4n) is 2.29. The molecule has 1 unspecified atom stereocenters. The lowest BCUT2D eigenvalue weighted by Crippen LogP contribution is -2.54. The highest BCUT2D eigenvalue weighted by Gasteiger charge is 2.38. The number of unbranched alkanes of at least 4 members (excludes halogenated alkanes) is 2. The van der Waals surface area contributed by atoms with Crippen LogP contribution in [0, 0.1) is 0 Å². The third-order valence-corrected chi connectivity index (χ3v) is 4.46. The van der Waals surface area contributed by atoms with Crippen LogP contribution in [0.15, 0.2) is 0 Å². The van der Waals surface area contributed by atoms with Crippen LogP contribution in [0.4, 0.5) is 0 Å². The molecule has 0 aromatic heterocycles. The van der Waals surface area contributed by atoms with Crippen LogP contribution in [0.25, 0.3) is 0 Å². The first-order chi connectivity index (χ1) is 9.03. The van der Waals surface area contributed by atoms with Crippen LogP contribution in [-0.2, 0) is 9.59 Å². The van der Waals surface area contributed by atoms with Gasteiger partial charge < -0.3 is 10.2 Å². The molecule has 5 heteroatoms. The fourth-order valence-corrected chi connectivity index (χ4v) is 2.78. The lowest BCUT2D eigenvalue weighted by Gasteiger charge is -2.31. The molecule has 0 aromatic carbocycles. The Labute approximate surface area is 120 Å². The van der Waals surface area contributed by atoms with E-state index in [1.165, 1.54) is 12.2 Å². The van der Waals surface area contributed by atoms with Gasteiger partial charge in [-0.2, -0.15) is 11.8 Å². The molecule has 1 heterocycles. The predicted molar refractivity (Wildman–Crippen MR) is 80.3 cm³/mol. The summed E-state index contributed by atoms with van der Waals surface area (Å²) in [6.45, 7) is 5.11. The molecule has 0 saturated carbocycles. The summed E-state index contributed by atoms with van der Waals surface area (Å²) in [5.74, 6) is 1.24. The van der Waals surface area contributed by atoms with E-state index in [4.69, 9.17) is 0 Å². The van der Waals surface area contributed by atoms with Gasteiger partial charge in [-0.15, -0.1) is 0 Å². The Hall–Kier alpha value is -0.710. The van der Waals surface area contributed by atoms with Crippen molar-refractivity contribution in [1.82, 2.24) is 10.2 Å². The summed E-state index contributed by atoms with van der Waals surface area (Å²) in [6, 6.07) is 0. The van der Waals surface area contributed by atoms with Gasteiger partial charge >= 0.3 is 0 Å². The molecule has 0 aromatic rings. The molecule has 0 spiro atoms. The van der Waals surface area contributed by atoms with E-state index in [0.29, 0.717) is 19.4 Å². The first kappa shape index (κ1) is 16.3. The number of nitrogens with zero attached hydrogens (tertiary/aromatic N) is 1. The number of hydrogen-bond donors (Lipinski definition) is 1. The fraction of sp³-hybridized carbons (Fsp3) is 0.857. The van der Waals surface area contributed by atoms with E-state index < -0.39 is 5.54 Å². The van der Waals surface area contributed by atoms with Crippen LogP contribution in [-0.4, -0.2) is 47.4 Å². The smallest absolute Gasteiger partial charge is 0.248 e. The number of nitrogens with one attached hydrogen (secondary N) is 1. The SMILES string of the molecule is CCC1(C)NC(=O)CCN(CCCCCSC)C1=O. The van der Waals surface area contributed by atoms with Gasteiger partial charge in [0.2, 0.25) is 11.8 Å². The molecule has 1 saturated heterocycles. The monoisotopic (exact) mass is 286 g/mol. The van der Waals surface area contributed by atoms with E-state index in [-0.39, 0.29) is 11.8 Å². The summed E-state index contributed by atoms with van der Waals surface area (Å²) >= 11 is 1.86. The summed E-state index contributed by atoms with van der Waals surface area (Å²) in [6.07, 6.45) is 6.55. The summed E-state index contributed by atoms with van der Waals surface area (Å²) in [5.41, 5.74) is -0.715. The van der Waals surface area contributed by atoms with Crippen LogP contribution in [0.1, 0.15) is 46.0 Å². The second-order valence-corrected chi connectivity index (χ2v) is 6.32. The Kier molecular flexibility index (Phi) is 6.69. The van der Waals surface area contributed by atoms with E-state index in [2.05, 4.69) is 11.6 Å². The molecular formula is C14H26N2O2S. The van der Waals surface area contributed by atoms with Crippen molar-refractivity contribution >= 4 is 23.6 Å². The van der Waals surface area contributed by atoms with Crippen LogP contribution >= 0.6 is 11.8 Å². The highest BCUT2D eigenvalue weighted by molar-refractivity contribution is 7.98. The summed E-state index contributed by atoms with van der Waals surface area (Å²) in [5, 5.41) is 2.86. The third-order valence-electron chi connectivity index (χ3n) is 3.77. The molecule has 1 rings (SSSR count). The molecular weight excluding hydrogens is 260 g/mol. The quantitative estimate of drug-likeness (QED) is 0.729. The van der Waals surface area contributed by atoms with Crippen molar-refractivity contribution < 1.29 is 9.59 Å². The first-order valence-corrected chi connectivity index (χ1v) is 8.52. The zero-order chi connectivity index (χ0) is 14.3. The maximum Gasteiger partial charge on any atom is 0.248 e. The lowest BCUT2D eigenvalue weighted by molar-refractivity contribution is -0.138. The van der Waals surface area contributed by atoms with Gasteiger partial charge in [0.15, 0.2) is 0 Å². The summed E-state index contributed by atoms with van der Waals surface area (Å²) in [7, 11) is 0. The van der Waals surface area contributed by atoms with Crippen molar-refractivity contribution in [2.45, 2.75) is 51.5 Å². The van der Waals surface area contributed by atoms with Crippen molar-refractivity contribution in [3.05, 3.63) is 0 Å². The number of rotatable bonds is 7. The van der Waals surface area contributed by atoms with Gasteiger partial charge in [0, 0.05) is 19.5 Å². The van der Waals surface area contributed by atoms with Gasteiger partial charge in [0.05, 0.1) is 0 Å². The van der Waals surface area contributed by atoms with Crippen molar-refractivity contribution in [1.29, 1.82) is 0 Å². The lowest BCUT2D eigenvalue weighted by atomic mass is 9.97.